The zero-order valence-corrected chi connectivity index (χ0v) is 16.7. The van der Waals surface area contributed by atoms with Crippen molar-refractivity contribution in [3.8, 4) is 0 Å². The highest BCUT2D eigenvalue weighted by molar-refractivity contribution is 7.89. The summed E-state index contributed by atoms with van der Waals surface area (Å²) < 4.78 is 22.6. The fraction of sp³-hybridized carbons (Fsp3) is 0.136. The molecule has 0 saturated carbocycles. The number of rotatable bonds is 8. The highest BCUT2D eigenvalue weighted by atomic mass is 32.2. The van der Waals surface area contributed by atoms with E-state index in [9.17, 15) is 13.2 Å². The van der Waals surface area contributed by atoms with Gasteiger partial charge in [-0.15, -0.1) is 0 Å². The number of primary sulfonamides is 1. The summed E-state index contributed by atoms with van der Waals surface area (Å²) in [6.45, 7) is 0.761. The number of anilines is 2. The molecule has 7 heteroatoms. The zero-order valence-electron chi connectivity index (χ0n) is 15.9. The molecule has 0 saturated heterocycles. The summed E-state index contributed by atoms with van der Waals surface area (Å²) in [7, 11) is -3.68. The standard InChI is InChI=1S/C22H23N3O3S/c23-29(27,28)21-13-11-18(12-14-21)15-16-24-17-22(26)25(19-7-3-1-4-8-19)20-9-5-2-6-10-20/h1-14,24H,15-17H2,(H2,23,27,28). The number of nitrogens with zero attached hydrogens (tertiary/aromatic N) is 1. The number of para-hydroxylation sites is 2. The summed E-state index contributed by atoms with van der Waals surface area (Å²) in [5, 5.41) is 8.27. The van der Waals surface area contributed by atoms with Crippen LogP contribution in [0.2, 0.25) is 0 Å². The summed E-state index contributed by atoms with van der Waals surface area (Å²) in [5.41, 5.74) is 2.58. The lowest BCUT2D eigenvalue weighted by Gasteiger charge is -2.23. The van der Waals surface area contributed by atoms with Crippen molar-refractivity contribution in [2.75, 3.05) is 18.0 Å². The predicted molar refractivity (Wildman–Crippen MR) is 114 cm³/mol. The minimum atomic E-state index is -3.68. The van der Waals surface area contributed by atoms with Gasteiger partial charge in [0.15, 0.2) is 0 Å². The van der Waals surface area contributed by atoms with E-state index >= 15 is 0 Å². The topological polar surface area (TPSA) is 92.5 Å². The Morgan fingerprint density at radius 1 is 0.828 bits per heavy atom. The molecular formula is C22H23N3O3S. The molecule has 3 rings (SSSR count). The molecule has 0 unspecified atom stereocenters. The molecule has 1 amide bonds. The van der Waals surface area contributed by atoms with Crippen LogP contribution in [0.1, 0.15) is 5.56 Å². The van der Waals surface area contributed by atoms with Crippen LogP contribution < -0.4 is 15.4 Å². The Bertz CT molecular complexity index is 998. The van der Waals surface area contributed by atoms with Gasteiger partial charge in [-0.3, -0.25) is 9.69 Å². The Labute approximate surface area is 171 Å². The van der Waals surface area contributed by atoms with Gasteiger partial charge in [0.25, 0.3) is 0 Å². The maximum absolute atomic E-state index is 12.9. The third kappa shape index (κ3) is 5.74. The number of amides is 1. The molecule has 0 heterocycles. The summed E-state index contributed by atoms with van der Waals surface area (Å²) in [5.74, 6) is -0.0630. The molecule has 3 aromatic rings. The first kappa shape index (κ1) is 20.7. The number of hydrogen-bond acceptors (Lipinski definition) is 4. The summed E-state index contributed by atoms with van der Waals surface area (Å²) in [6.07, 6.45) is 0.662. The van der Waals surface area contributed by atoms with E-state index in [1.165, 1.54) is 12.1 Å². The van der Waals surface area contributed by atoms with E-state index in [1.54, 1.807) is 17.0 Å². The summed E-state index contributed by atoms with van der Waals surface area (Å²) in [4.78, 5) is 14.7. The molecule has 0 fully saturated rings. The van der Waals surface area contributed by atoms with Crippen LogP contribution in [0.4, 0.5) is 11.4 Å². The van der Waals surface area contributed by atoms with Crippen molar-refractivity contribution in [3.05, 3.63) is 90.5 Å². The van der Waals surface area contributed by atoms with E-state index < -0.39 is 10.0 Å². The van der Waals surface area contributed by atoms with Crippen LogP contribution in [0.3, 0.4) is 0 Å². The van der Waals surface area contributed by atoms with Gasteiger partial charge in [-0.1, -0.05) is 48.5 Å². The summed E-state index contributed by atoms with van der Waals surface area (Å²) in [6, 6.07) is 25.5. The van der Waals surface area contributed by atoms with Crippen LogP contribution in [0, 0.1) is 0 Å². The number of nitrogens with one attached hydrogen (secondary N) is 1. The zero-order chi connectivity index (χ0) is 20.7. The molecule has 0 radical (unpaired) electrons. The van der Waals surface area contributed by atoms with Crippen molar-refractivity contribution in [1.29, 1.82) is 0 Å². The van der Waals surface area contributed by atoms with Crippen molar-refractivity contribution in [2.45, 2.75) is 11.3 Å². The van der Waals surface area contributed by atoms with E-state index in [4.69, 9.17) is 5.14 Å². The molecule has 3 N–H and O–H groups in total. The highest BCUT2D eigenvalue weighted by Gasteiger charge is 2.17. The average Bonchev–Trinajstić information content (AvgIpc) is 2.73. The van der Waals surface area contributed by atoms with E-state index in [1.807, 2.05) is 60.7 Å². The monoisotopic (exact) mass is 409 g/mol. The molecule has 0 aliphatic rings. The lowest BCUT2D eigenvalue weighted by Crippen LogP contribution is -2.36. The van der Waals surface area contributed by atoms with Gasteiger partial charge in [0.1, 0.15) is 0 Å². The third-order valence-electron chi connectivity index (χ3n) is 4.40. The third-order valence-corrected chi connectivity index (χ3v) is 5.33. The van der Waals surface area contributed by atoms with Gasteiger partial charge in [0, 0.05) is 11.4 Å². The second kappa shape index (κ2) is 9.47. The van der Waals surface area contributed by atoms with E-state index in [2.05, 4.69) is 5.32 Å². The van der Waals surface area contributed by atoms with Gasteiger partial charge in [0.05, 0.1) is 11.4 Å². The van der Waals surface area contributed by atoms with Gasteiger partial charge in [-0.2, -0.15) is 0 Å². The van der Waals surface area contributed by atoms with E-state index in [0.717, 1.165) is 16.9 Å². The van der Waals surface area contributed by atoms with Crippen LogP contribution in [-0.4, -0.2) is 27.4 Å². The molecule has 3 aromatic carbocycles. The largest absolute Gasteiger partial charge is 0.308 e. The van der Waals surface area contributed by atoms with Crippen molar-refractivity contribution < 1.29 is 13.2 Å². The van der Waals surface area contributed by atoms with Gasteiger partial charge >= 0.3 is 0 Å². The highest BCUT2D eigenvalue weighted by Crippen LogP contribution is 2.24. The number of sulfonamides is 1. The van der Waals surface area contributed by atoms with Crippen molar-refractivity contribution in [2.24, 2.45) is 5.14 Å². The van der Waals surface area contributed by atoms with E-state index in [0.29, 0.717) is 13.0 Å². The minimum absolute atomic E-state index is 0.0630. The van der Waals surface area contributed by atoms with Gasteiger partial charge in [0.2, 0.25) is 15.9 Å². The summed E-state index contributed by atoms with van der Waals surface area (Å²) >= 11 is 0. The number of carbonyl (C=O) groups is 1. The number of hydrogen-bond donors (Lipinski definition) is 2. The van der Waals surface area contributed by atoms with Crippen molar-refractivity contribution in [3.63, 3.8) is 0 Å². The first-order chi connectivity index (χ1) is 13.9. The number of nitrogens with two attached hydrogens (primary N) is 1. The Balaban J connectivity index is 1.59. The molecule has 29 heavy (non-hydrogen) atoms. The van der Waals surface area contributed by atoms with E-state index in [-0.39, 0.29) is 17.3 Å². The second-order valence-corrected chi connectivity index (χ2v) is 8.08. The molecule has 6 nitrogen and oxygen atoms in total. The fourth-order valence-corrected chi connectivity index (χ4v) is 3.46. The lowest BCUT2D eigenvalue weighted by molar-refractivity contribution is -0.117. The molecular weight excluding hydrogens is 386 g/mol. The van der Waals surface area contributed by atoms with Crippen molar-refractivity contribution >= 4 is 27.3 Å². The van der Waals surface area contributed by atoms with Gasteiger partial charge < -0.3 is 5.32 Å². The predicted octanol–water partition coefficient (Wildman–Crippen LogP) is 2.83. The molecule has 0 atom stereocenters. The average molecular weight is 410 g/mol. The number of benzene rings is 3. The molecule has 150 valence electrons. The Morgan fingerprint density at radius 3 is 1.83 bits per heavy atom. The Morgan fingerprint density at radius 2 is 1.34 bits per heavy atom. The first-order valence-corrected chi connectivity index (χ1v) is 10.8. The van der Waals surface area contributed by atoms with Gasteiger partial charge in [-0.25, -0.2) is 13.6 Å². The molecule has 0 aromatic heterocycles. The fourth-order valence-electron chi connectivity index (χ4n) is 2.94. The lowest BCUT2D eigenvalue weighted by atomic mass is 10.1. The Hall–Kier alpha value is -3.00. The van der Waals surface area contributed by atoms with Crippen LogP contribution in [0.15, 0.2) is 89.8 Å². The smallest absolute Gasteiger partial charge is 0.245 e. The van der Waals surface area contributed by atoms with Crippen LogP contribution >= 0.6 is 0 Å². The second-order valence-electron chi connectivity index (χ2n) is 6.52. The first-order valence-electron chi connectivity index (χ1n) is 9.21. The molecule has 0 aliphatic heterocycles. The quantitative estimate of drug-likeness (QED) is 0.560. The number of carbonyl (C=O) groups excluding carboxylic acids is 1. The molecule has 0 bridgehead atoms. The minimum Gasteiger partial charge on any atom is -0.308 e. The maximum Gasteiger partial charge on any atom is 0.245 e. The van der Waals surface area contributed by atoms with Gasteiger partial charge in [-0.05, 0) is 54.9 Å². The SMILES string of the molecule is NS(=O)(=O)c1ccc(CCNCC(=O)N(c2ccccc2)c2ccccc2)cc1. The molecule has 0 spiro atoms. The van der Waals surface area contributed by atoms with Crippen LogP contribution in [0.5, 0.6) is 0 Å². The normalized spacial score (nSPS) is 11.2. The van der Waals surface area contributed by atoms with Crippen molar-refractivity contribution in [1.82, 2.24) is 5.32 Å². The Kier molecular flexibility index (Phi) is 6.77. The van der Waals surface area contributed by atoms with Crippen LogP contribution in [0.25, 0.3) is 0 Å². The molecule has 0 aliphatic carbocycles. The van der Waals surface area contributed by atoms with Crippen LogP contribution in [-0.2, 0) is 21.2 Å². The maximum atomic E-state index is 12.9.